The van der Waals surface area contributed by atoms with Gasteiger partial charge >= 0.3 is 6.03 Å². The first-order chi connectivity index (χ1) is 11.0. The summed E-state index contributed by atoms with van der Waals surface area (Å²) < 4.78 is 5.31. The number of piperidine rings is 1. The lowest BCUT2D eigenvalue weighted by atomic mass is 9.53. The molecule has 2 amide bonds. The van der Waals surface area contributed by atoms with Gasteiger partial charge in [-0.2, -0.15) is 0 Å². The maximum Gasteiger partial charge on any atom is 0.320 e. The molecule has 5 fully saturated rings. The van der Waals surface area contributed by atoms with Gasteiger partial charge in [-0.1, -0.05) is 0 Å². The smallest absolute Gasteiger partial charge is 0.320 e. The van der Waals surface area contributed by atoms with Crippen molar-refractivity contribution in [2.75, 3.05) is 33.4 Å². The van der Waals surface area contributed by atoms with E-state index in [1.807, 2.05) is 0 Å². The third kappa shape index (κ3) is 1.63. The van der Waals surface area contributed by atoms with Crippen LogP contribution in [-0.2, 0) is 4.74 Å². The van der Waals surface area contributed by atoms with E-state index in [0.717, 1.165) is 32.3 Å². The zero-order valence-electron chi connectivity index (χ0n) is 14.6. The highest BCUT2D eigenvalue weighted by atomic mass is 16.5. The highest BCUT2D eigenvalue weighted by Gasteiger charge is 2.74. The monoisotopic (exact) mass is 319 g/mol. The number of carbonyl (C=O) groups is 1. The average Bonchev–Trinajstić information content (AvgIpc) is 2.89. The van der Waals surface area contributed by atoms with Gasteiger partial charge in [0.1, 0.15) is 0 Å². The Balaban J connectivity index is 1.43. The fourth-order valence-corrected chi connectivity index (χ4v) is 6.67. The molecule has 0 N–H and O–H groups in total. The normalized spacial score (nSPS) is 46.0. The minimum absolute atomic E-state index is 0.0873. The molecule has 4 unspecified atom stereocenters. The van der Waals surface area contributed by atoms with E-state index >= 15 is 0 Å². The summed E-state index contributed by atoms with van der Waals surface area (Å²) in [6, 6.07) is 2.08. The summed E-state index contributed by atoms with van der Waals surface area (Å²) in [5.41, 5.74) is 0.627. The van der Waals surface area contributed by atoms with Crippen LogP contribution in [0.1, 0.15) is 39.5 Å². The van der Waals surface area contributed by atoms with E-state index in [1.165, 1.54) is 25.7 Å². The Hall–Kier alpha value is -0.810. The zero-order chi connectivity index (χ0) is 16.0. The van der Waals surface area contributed by atoms with Gasteiger partial charge in [-0.25, -0.2) is 4.79 Å². The standard InChI is InChI=1S/C18H29N3O2/c1-12(2)21-16(22)20(7-13-8-23-9-13)11-17(21)6-15-18(10-17)5-4-14(18)19(15)3/h12-15H,4-11H2,1-3H3. The van der Waals surface area contributed by atoms with Crippen molar-refractivity contribution in [1.82, 2.24) is 14.7 Å². The van der Waals surface area contributed by atoms with Crippen LogP contribution in [0.5, 0.6) is 0 Å². The number of amides is 2. The van der Waals surface area contributed by atoms with Crippen molar-refractivity contribution in [1.29, 1.82) is 0 Å². The van der Waals surface area contributed by atoms with Gasteiger partial charge in [0.2, 0.25) is 0 Å². The molecule has 2 spiro atoms. The van der Waals surface area contributed by atoms with Crippen molar-refractivity contribution in [2.45, 2.75) is 63.2 Å². The van der Waals surface area contributed by atoms with Gasteiger partial charge in [-0.05, 0) is 46.6 Å². The van der Waals surface area contributed by atoms with E-state index in [2.05, 4.69) is 35.6 Å². The number of likely N-dealkylation sites (tertiary alicyclic amines) is 1. The van der Waals surface area contributed by atoms with E-state index in [9.17, 15) is 4.79 Å². The van der Waals surface area contributed by atoms with Crippen LogP contribution in [-0.4, -0.2) is 77.7 Å². The molecule has 5 nitrogen and oxygen atoms in total. The first-order valence-corrected chi connectivity index (χ1v) is 9.35. The van der Waals surface area contributed by atoms with Crippen LogP contribution >= 0.6 is 0 Å². The number of nitrogens with zero attached hydrogens (tertiary/aromatic N) is 3. The summed E-state index contributed by atoms with van der Waals surface area (Å²) in [5, 5.41) is 0. The summed E-state index contributed by atoms with van der Waals surface area (Å²) in [6.45, 7) is 7.87. The molecule has 2 saturated carbocycles. The van der Waals surface area contributed by atoms with Crippen molar-refractivity contribution < 1.29 is 9.53 Å². The van der Waals surface area contributed by atoms with E-state index in [4.69, 9.17) is 4.74 Å². The highest BCUT2D eigenvalue weighted by molar-refractivity contribution is 5.79. The Kier molecular flexibility index (Phi) is 2.79. The van der Waals surface area contributed by atoms with Gasteiger partial charge in [0.25, 0.3) is 0 Å². The third-order valence-corrected chi connectivity index (χ3v) is 7.60. The lowest BCUT2D eigenvalue weighted by molar-refractivity contribution is -0.174. The van der Waals surface area contributed by atoms with Crippen molar-refractivity contribution in [3.8, 4) is 0 Å². The van der Waals surface area contributed by atoms with E-state index < -0.39 is 0 Å². The Morgan fingerprint density at radius 1 is 1.30 bits per heavy atom. The minimum atomic E-state index is 0.0873. The molecule has 4 atom stereocenters. The second-order valence-electron chi connectivity index (χ2n) is 9.10. The molecule has 0 aromatic carbocycles. The summed E-state index contributed by atoms with van der Waals surface area (Å²) >= 11 is 0. The van der Waals surface area contributed by atoms with E-state index in [-0.39, 0.29) is 11.6 Å². The number of ether oxygens (including phenoxy) is 1. The quantitative estimate of drug-likeness (QED) is 0.795. The van der Waals surface area contributed by atoms with Crippen molar-refractivity contribution in [2.24, 2.45) is 11.3 Å². The fraction of sp³-hybridized carbons (Fsp3) is 0.944. The van der Waals surface area contributed by atoms with E-state index in [0.29, 0.717) is 23.4 Å². The Labute approximate surface area is 138 Å². The molecule has 2 aliphatic carbocycles. The van der Waals surface area contributed by atoms with Crippen LogP contribution in [0.2, 0.25) is 0 Å². The lowest BCUT2D eigenvalue weighted by Crippen LogP contribution is -2.73. The molecule has 5 rings (SSSR count). The van der Waals surface area contributed by atoms with Crippen molar-refractivity contribution in [3.05, 3.63) is 0 Å². The van der Waals surface area contributed by atoms with Gasteiger partial charge in [0, 0.05) is 42.5 Å². The predicted octanol–water partition coefficient (Wildman–Crippen LogP) is 1.77. The van der Waals surface area contributed by atoms with Crippen LogP contribution in [0.25, 0.3) is 0 Å². The molecule has 23 heavy (non-hydrogen) atoms. The molecule has 5 heteroatoms. The topological polar surface area (TPSA) is 36.0 Å². The third-order valence-electron chi connectivity index (χ3n) is 7.60. The first kappa shape index (κ1) is 14.5. The summed E-state index contributed by atoms with van der Waals surface area (Å²) in [5.74, 6) is 0.554. The first-order valence-electron chi connectivity index (χ1n) is 9.35. The molecule has 0 bridgehead atoms. The predicted molar refractivity (Wildman–Crippen MR) is 87.2 cm³/mol. The van der Waals surface area contributed by atoms with Crippen molar-refractivity contribution in [3.63, 3.8) is 0 Å². The number of hydrogen-bond donors (Lipinski definition) is 0. The maximum atomic E-state index is 13.1. The second kappa shape index (κ2) is 4.42. The molecule has 3 heterocycles. The molecule has 0 radical (unpaired) electrons. The van der Waals surface area contributed by atoms with Crippen LogP contribution in [0.15, 0.2) is 0 Å². The molecule has 3 saturated heterocycles. The lowest BCUT2D eigenvalue weighted by Gasteiger charge is -2.67. The molecule has 5 aliphatic rings. The fourth-order valence-electron chi connectivity index (χ4n) is 6.67. The highest BCUT2D eigenvalue weighted by Crippen LogP contribution is 2.68. The average molecular weight is 319 g/mol. The van der Waals surface area contributed by atoms with Gasteiger partial charge < -0.3 is 14.5 Å². The number of urea groups is 1. The van der Waals surface area contributed by atoms with Gasteiger partial charge in [-0.3, -0.25) is 4.90 Å². The van der Waals surface area contributed by atoms with Crippen LogP contribution < -0.4 is 0 Å². The summed E-state index contributed by atoms with van der Waals surface area (Å²) in [7, 11) is 2.30. The molecular formula is C18H29N3O2. The second-order valence-corrected chi connectivity index (χ2v) is 9.10. The molecule has 0 aromatic heterocycles. The minimum Gasteiger partial charge on any atom is -0.381 e. The van der Waals surface area contributed by atoms with Gasteiger partial charge in [-0.15, -0.1) is 0 Å². The molecule has 128 valence electrons. The number of rotatable bonds is 3. The molecule has 0 aromatic rings. The summed E-state index contributed by atoms with van der Waals surface area (Å²) in [4.78, 5) is 20.1. The Morgan fingerprint density at radius 2 is 2.09 bits per heavy atom. The maximum absolute atomic E-state index is 13.1. The van der Waals surface area contributed by atoms with Crippen LogP contribution in [0, 0.1) is 11.3 Å². The van der Waals surface area contributed by atoms with Crippen molar-refractivity contribution >= 4 is 6.03 Å². The Morgan fingerprint density at radius 3 is 2.61 bits per heavy atom. The zero-order valence-corrected chi connectivity index (χ0v) is 14.6. The largest absolute Gasteiger partial charge is 0.381 e. The number of hydrogen-bond acceptors (Lipinski definition) is 3. The van der Waals surface area contributed by atoms with Crippen LogP contribution in [0.4, 0.5) is 4.79 Å². The molecule has 3 aliphatic heterocycles. The summed E-state index contributed by atoms with van der Waals surface area (Å²) in [6.07, 6.45) is 5.16. The Bertz CT molecular complexity index is 548. The van der Waals surface area contributed by atoms with Gasteiger partial charge in [0.05, 0.1) is 18.8 Å². The molecular weight excluding hydrogens is 290 g/mol. The van der Waals surface area contributed by atoms with E-state index in [1.54, 1.807) is 0 Å². The SMILES string of the molecule is CC(C)N1C(=O)N(CC2COC2)CC12CC1N(C)C3CCC31C2. The number of carbonyl (C=O) groups excluding carboxylic acids is 1. The van der Waals surface area contributed by atoms with Crippen LogP contribution in [0.3, 0.4) is 0 Å². The van der Waals surface area contributed by atoms with Gasteiger partial charge in [0.15, 0.2) is 0 Å².